The molecule has 0 radical (unpaired) electrons. The van der Waals surface area contributed by atoms with Crippen LogP contribution in [0.3, 0.4) is 0 Å². The lowest BCUT2D eigenvalue weighted by molar-refractivity contribution is -0.116. The van der Waals surface area contributed by atoms with E-state index in [1.54, 1.807) is 24.3 Å². The largest absolute Gasteiger partial charge is 0.506 e. The van der Waals surface area contributed by atoms with Crippen molar-refractivity contribution < 1.29 is 14.7 Å². The fraction of sp³-hybridized carbons (Fsp3) is 0.125. The van der Waals surface area contributed by atoms with E-state index in [4.69, 9.17) is 23.2 Å². The van der Waals surface area contributed by atoms with Gasteiger partial charge in [0.15, 0.2) is 0 Å². The molecule has 0 saturated heterocycles. The Morgan fingerprint density at radius 3 is 2.39 bits per heavy atom. The zero-order valence-corrected chi connectivity index (χ0v) is 13.7. The third-order valence-corrected chi connectivity index (χ3v) is 3.60. The smallest absolute Gasteiger partial charge is 0.254 e. The van der Waals surface area contributed by atoms with Crippen LogP contribution in [0.1, 0.15) is 10.4 Å². The van der Waals surface area contributed by atoms with Crippen LogP contribution in [0.15, 0.2) is 42.5 Å². The number of benzene rings is 2. The van der Waals surface area contributed by atoms with Crippen molar-refractivity contribution in [1.82, 2.24) is 4.90 Å². The lowest BCUT2D eigenvalue weighted by Gasteiger charge is -2.17. The maximum atomic E-state index is 12.2. The minimum Gasteiger partial charge on any atom is -0.506 e. The Balaban J connectivity index is 1.98. The lowest BCUT2D eigenvalue weighted by Crippen LogP contribution is -2.34. The molecule has 2 amide bonds. The van der Waals surface area contributed by atoms with E-state index in [1.807, 2.05) is 0 Å². The molecule has 23 heavy (non-hydrogen) atoms. The second kappa shape index (κ2) is 7.35. The number of hydrogen-bond donors (Lipinski definition) is 2. The number of likely N-dealkylation sites (N-methyl/N-ethyl adjacent to an activating group) is 1. The van der Waals surface area contributed by atoms with Gasteiger partial charge in [-0.1, -0.05) is 23.2 Å². The van der Waals surface area contributed by atoms with Gasteiger partial charge < -0.3 is 15.3 Å². The molecule has 0 atom stereocenters. The third kappa shape index (κ3) is 4.61. The SMILES string of the molecule is CN(CC(=O)Nc1ccc(Cl)cc1)C(=O)c1ccc(O)c(Cl)c1. The quantitative estimate of drug-likeness (QED) is 0.885. The molecule has 0 aromatic heterocycles. The maximum Gasteiger partial charge on any atom is 0.254 e. The maximum absolute atomic E-state index is 12.2. The zero-order chi connectivity index (χ0) is 17.0. The molecule has 0 heterocycles. The molecule has 5 nitrogen and oxygen atoms in total. The summed E-state index contributed by atoms with van der Waals surface area (Å²) in [5, 5.41) is 12.7. The van der Waals surface area contributed by atoms with Crippen LogP contribution in [0.25, 0.3) is 0 Å². The van der Waals surface area contributed by atoms with Crippen molar-refractivity contribution in [2.45, 2.75) is 0 Å². The number of phenols is 1. The molecule has 2 rings (SSSR count). The van der Waals surface area contributed by atoms with Crippen LogP contribution >= 0.6 is 23.2 Å². The van der Waals surface area contributed by atoms with Gasteiger partial charge in [0.2, 0.25) is 5.91 Å². The molecule has 0 saturated carbocycles. The number of rotatable bonds is 4. The molecule has 7 heteroatoms. The second-order valence-corrected chi connectivity index (χ2v) is 5.73. The summed E-state index contributed by atoms with van der Waals surface area (Å²) >= 11 is 11.5. The molecule has 2 N–H and O–H groups in total. The zero-order valence-electron chi connectivity index (χ0n) is 12.2. The van der Waals surface area contributed by atoms with Gasteiger partial charge in [-0.05, 0) is 42.5 Å². The number of carbonyl (C=O) groups is 2. The van der Waals surface area contributed by atoms with E-state index >= 15 is 0 Å². The number of nitrogens with one attached hydrogen (secondary N) is 1. The first-order chi connectivity index (χ1) is 10.9. The lowest BCUT2D eigenvalue weighted by atomic mass is 10.2. The van der Waals surface area contributed by atoms with E-state index < -0.39 is 0 Å². The molecule has 2 aromatic rings. The van der Waals surface area contributed by atoms with E-state index in [2.05, 4.69) is 5.32 Å². The van der Waals surface area contributed by atoms with Crippen molar-refractivity contribution >= 4 is 40.7 Å². The van der Waals surface area contributed by atoms with Gasteiger partial charge in [-0.2, -0.15) is 0 Å². The van der Waals surface area contributed by atoms with Gasteiger partial charge in [-0.3, -0.25) is 9.59 Å². The molecule has 2 aromatic carbocycles. The Morgan fingerprint density at radius 1 is 1.13 bits per heavy atom. The first-order valence-corrected chi connectivity index (χ1v) is 7.42. The molecule has 0 bridgehead atoms. The Labute approximate surface area is 143 Å². The first-order valence-electron chi connectivity index (χ1n) is 6.66. The van der Waals surface area contributed by atoms with Crippen molar-refractivity contribution in [2.75, 3.05) is 18.9 Å². The average Bonchev–Trinajstić information content (AvgIpc) is 2.51. The molecular formula is C16H14Cl2N2O3. The Hall–Kier alpha value is -2.24. The van der Waals surface area contributed by atoms with Gasteiger partial charge in [0.1, 0.15) is 5.75 Å². The van der Waals surface area contributed by atoms with Gasteiger partial charge in [0.25, 0.3) is 5.91 Å². The summed E-state index contributed by atoms with van der Waals surface area (Å²) in [6, 6.07) is 10.8. The van der Waals surface area contributed by atoms with Gasteiger partial charge in [0, 0.05) is 23.3 Å². The molecule has 0 spiro atoms. The van der Waals surface area contributed by atoms with E-state index in [1.165, 1.54) is 30.1 Å². The molecule has 0 unspecified atom stereocenters. The summed E-state index contributed by atoms with van der Waals surface area (Å²) in [5.41, 5.74) is 0.877. The number of hydrogen-bond acceptors (Lipinski definition) is 3. The summed E-state index contributed by atoms with van der Waals surface area (Å²) in [6.07, 6.45) is 0. The Kier molecular flexibility index (Phi) is 5.47. The average molecular weight is 353 g/mol. The van der Waals surface area contributed by atoms with Crippen molar-refractivity contribution in [3.63, 3.8) is 0 Å². The summed E-state index contributed by atoms with van der Waals surface area (Å²) < 4.78 is 0. The monoisotopic (exact) mass is 352 g/mol. The number of amides is 2. The molecule has 0 aliphatic heterocycles. The van der Waals surface area contributed by atoms with Crippen LogP contribution < -0.4 is 5.32 Å². The molecule has 0 aliphatic carbocycles. The fourth-order valence-corrected chi connectivity index (χ4v) is 2.19. The van der Waals surface area contributed by atoms with Crippen LogP contribution in [0.2, 0.25) is 10.0 Å². The van der Waals surface area contributed by atoms with Crippen molar-refractivity contribution in [2.24, 2.45) is 0 Å². The van der Waals surface area contributed by atoms with E-state index in [-0.39, 0.29) is 34.7 Å². The normalized spacial score (nSPS) is 10.2. The van der Waals surface area contributed by atoms with Crippen molar-refractivity contribution in [1.29, 1.82) is 0 Å². The van der Waals surface area contributed by atoms with Crippen LogP contribution in [-0.4, -0.2) is 35.4 Å². The number of nitrogens with zero attached hydrogens (tertiary/aromatic N) is 1. The predicted octanol–water partition coefficient (Wildman–Crippen LogP) is 3.41. The minimum atomic E-state index is -0.377. The highest BCUT2D eigenvalue weighted by atomic mass is 35.5. The topological polar surface area (TPSA) is 69.6 Å². The Morgan fingerprint density at radius 2 is 1.78 bits per heavy atom. The number of phenolic OH excluding ortho intramolecular Hbond substituents is 1. The van der Waals surface area contributed by atoms with Gasteiger partial charge >= 0.3 is 0 Å². The van der Waals surface area contributed by atoms with Crippen LogP contribution in [0, 0.1) is 0 Å². The van der Waals surface area contributed by atoms with Crippen molar-refractivity contribution in [3.8, 4) is 5.75 Å². The highest BCUT2D eigenvalue weighted by Crippen LogP contribution is 2.24. The molecule has 0 fully saturated rings. The summed E-state index contributed by atoms with van der Waals surface area (Å²) in [7, 11) is 1.50. The molecule has 120 valence electrons. The summed E-state index contributed by atoms with van der Waals surface area (Å²) in [4.78, 5) is 25.4. The van der Waals surface area contributed by atoms with Gasteiger partial charge in [-0.15, -0.1) is 0 Å². The van der Waals surface area contributed by atoms with E-state index in [0.717, 1.165) is 0 Å². The van der Waals surface area contributed by atoms with Crippen LogP contribution in [-0.2, 0) is 4.79 Å². The third-order valence-electron chi connectivity index (χ3n) is 3.05. The highest BCUT2D eigenvalue weighted by molar-refractivity contribution is 6.32. The van der Waals surface area contributed by atoms with Gasteiger partial charge in [0.05, 0.1) is 11.6 Å². The number of carbonyl (C=O) groups excluding carboxylic acids is 2. The first kappa shape index (κ1) is 17.1. The number of aromatic hydroxyl groups is 1. The van der Waals surface area contributed by atoms with Crippen molar-refractivity contribution in [3.05, 3.63) is 58.1 Å². The van der Waals surface area contributed by atoms with Gasteiger partial charge in [-0.25, -0.2) is 0 Å². The summed E-state index contributed by atoms with van der Waals surface area (Å²) in [5.74, 6) is -0.822. The molecule has 0 aliphatic rings. The second-order valence-electron chi connectivity index (χ2n) is 4.88. The van der Waals surface area contributed by atoms with E-state index in [0.29, 0.717) is 10.7 Å². The molecular weight excluding hydrogens is 339 g/mol. The van der Waals surface area contributed by atoms with E-state index in [9.17, 15) is 14.7 Å². The fourth-order valence-electron chi connectivity index (χ4n) is 1.88. The predicted molar refractivity (Wildman–Crippen MR) is 90.2 cm³/mol. The standard InChI is InChI=1S/C16H14Cl2N2O3/c1-20(16(23)10-2-7-14(21)13(18)8-10)9-15(22)19-12-5-3-11(17)4-6-12/h2-8,21H,9H2,1H3,(H,19,22). The number of anilines is 1. The number of halogens is 2. The minimum absolute atomic E-state index is 0.0786. The summed E-state index contributed by atoms with van der Waals surface area (Å²) in [6.45, 7) is -0.125. The van der Waals surface area contributed by atoms with Crippen LogP contribution in [0.4, 0.5) is 5.69 Å². The van der Waals surface area contributed by atoms with Crippen LogP contribution in [0.5, 0.6) is 5.75 Å². The highest BCUT2D eigenvalue weighted by Gasteiger charge is 2.16. The Bertz CT molecular complexity index is 733.